The van der Waals surface area contributed by atoms with Gasteiger partial charge in [0.05, 0.1) is 18.9 Å². The molecule has 0 saturated heterocycles. The lowest BCUT2D eigenvalue weighted by molar-refractivity contribution is 0.146. The fourth-order valence-corrected chi connectivity index (χ4v) is 0.959. The second-order valence-corrected chi connectivity index (χ2v) is 2.64. The second kappa shape index (κ2) is 4.91. The zero-order valence-corrected chi connectivity index (χ0v) is 7.42. The van der Waals surface area contributed by atoms with Crippen LogP contribution in [0.25, 0.3) is 0 Å². The Hall–Kier alpha value is -0.860. The molecule has 0 atom stereocenters. The number of ether oxygens (including phenoxy) is 1. The van der Waals surface area contributed by atoms with Gasteiger partial charge in [0.2, 0.25) is 0 Å². The fraction of sp³-hybridized carbons (Fsp3) is 0.222. The Morgan fingerprint density at radius 2 is 2.42 bits per heavy atom. The van der Waals surface area contributed by atoms with Crippen LogP contribution >= 0.6 is 11.6 Å². The van der Waals surface area contributed by atoms with Crippen LogP contribution in [-0.2, 0) is 11.3 Å². The minimum atomic E-state index is 0.479. The molecular weight excluding hydrogens is 174 g/mol. The molecule has 0 aliphatic heterocycles. The molecule has 0 bridgehead atoms. The molecular formula is C9H10ClNO. The third kappa shape index (κ3) is 3.03. The van der Waals surface area contributed by atoms with Gasteiger partial charge < -0.3 is 4.74 Å². The third-order valence-corrected chi connectivity index (χ3v) is 1.47. The van der Waals surface area contributed by atoms with Gasteiger partial charge in [0.15, 0.2) is 0 Å². The molecule has 0 radical (unpaired) electrons. The van der Waals surface area contributed by atoms with E-state index in [2.05, 4.69) is 11.6 Å². The van der Waals surface area contributed by atoms with E-state index in [1.807, 2.05) is 12.1 Å². The number of hydrogen-bond donors (Lipinski definition) is 0. The lowest BCUT2D eigenvalue weighted by Crippen LogP contribution is -1.95. The summed E-state index contributed by atoms with van der Waals surface area (Å²) in [5.41, 5.74) is 0.837. The summed E-state index contributed by atoms with van der Waals surface area (Å²) >= 11 is 5.67. The van der Waals surface area contributed by atoms with Gasteiger partial charge in [0.25, 0.3) is 0 Å². The summed E-state index contributed by atoms with van der Waals surface area (Å²) in [6.07, 6.45) is 1.70. The van der Waals surface area contributed by atoms with Crippen molar-refractivity contribution in [1.82, 2.24) is 4.98 Å². The van der Waals surface area contributed by atoms with Gasteiger partial charge in [-0.15, -0.1) is 6.58 Å². The van der Waals surface area contributed by atoms with Crippen molar-refractivity contribution in [2.75, 3.05) is 6.61 Å². The van der Waals surface area contributed by atoms with Gasteiger partial charge in [-0.1, -0.05) is 23.7 Å². The molecule has 0 saturated carbocycles. The third-order valence-electron chi connectivity index (χ3n) is 1.26. The van der Waals surface area contributed by atoms with Crippen molar-refractivity contribution < 1.29 is 4.74 Å². The van der Waals surface area contributed by atoms with Crippen LogP contribution in [0.4, 0.5) is 0 Å². The summed E-state index contributed by atoms with van der Waals surface area (Å²) in [5, 5.41) is 0.495. The van der Waals surface area contributed by atoms with Gasteiger partial charge in [-0.2, -0.15) is 0 Å². The Morgan fingerprint density at radius 1 is 1.58 bits per heavy atom. The van der Waals surface area contributed by atoms with Crippen molar-refractivity contribution in [2.24, 2.45) is 0 Å². The maximum Gasteiger partial charge on any atom is 0.129 e. The van der Waals surface area contributed by atoms with E-state index in [4.69, 9.17) is 16.3 Å². The van der Waals surface area contributed by atoms with E-state index in [0.29, 0.717) is 18.4 Å². The minimum Gasteiger partial charge on any atom is -0.371 e. The summed E-state index contributed by atoms with van der Waals surface area (Å²) in [5.74, 6) is 0. The van der Waals surface area contributed by atoms with Crippen LogP contribution in [0.3, 0.4) is 0 Å². The molecule has 1 heterocycles. The van der Waals surface area contributed by atoms with Crippen molar-refractivity contribution in [3.63, 3.8) is 0 Å². The van der Waals surface area contributed by atoms with Gasteiger partial charge >= 0.3 is 0 Å². The molecule has 64 valence electrons. The van der Waals surface area contributed by atoms with Crippen LogP contribution in [0.5, 0.6) is 0 Å². The number of halogens is 1. The highest BCUT2D eigenvalue weighted by Gasteiger charge is 1.94. The first-order valence-electron chi connectivity index (χ1n) is 3.63. The molecule has 0 aromatic carbocycles. The zero-order chi connectivity index (χ0) is 8.81. The molecule has 12 heavy (non-hydrogen) atoms. The molecule has 0 aliphatic carbocycles. The summed E-state index contributed by atoms with van der Waals surface area (Å²) in [4.78, 5) is 4.05. The lowest BCUT2D eigenvalue weighted by Gasteiger charge is -2.00. The van der Waals surface area contributed by atoms with Crippen molar-refractivity contribution >= 4 is 11.6 Å². The summed E-state index contributed by atoms with van der Waals surface area (Å²) in [7, 11) is 0. The molecule has 1 rings (SSSR count). The van der Waals surface area contributed by atoms with Crippen LogP contribution in [-0.4, -0.2) is 11.6 Å². The van der Waals surface area contributed by atoms with E-state index in [-0.39, 0.29) is 0 Å². The highest BCUT2D eigenvalue weighted by atomic mass is 35.5. The first-order valence-corrected chi connectivity index (χ1v) is 4.01. The van der Waals surface area contributed by atoms with Crippen LogP contribution < -0.4 is 0 Å². The second-order valence-electron chi connectivity index (χ2n) is 2.26. The normalized spacial score (nSPS) is 9.75. The monoisotopic (exact) mass is 183 g/mol. The number of hydrogen-bond acceptors (Lipinski definition) is 2. The first-order chi connectivity index (χ1) is 5.83. The van der Waals surface area contributed by atoms with Gasteiger partial charge in [0.1, 0.15) is 5.15 Å². The standard InChI is InChI=1S/C9H10ClNO/c1-2-6-12-7-8-4-3-5-9(10)11-8/h2-5H,1,6-7H2. The molecule has 0 N–H and O–H groups in total. The molecule has 0 fully saturated rings. The maximum atomic E-state index is 5.67. The lowest BCUT2D eigenvalue weighted by atomic mass is 10.4. The van der Waals surface area contributed by atoms with E-state index in [1.165, 1.54) is 0 Å². The minimum absolute atomic E-state index is 0.479. The predicted molar refractivity (Wildman–Crippen MR) is 49.1 cm³/mol. The summed E-state index contributed by atoms with van der Waals surface area (Å²) < 4.78 is 5.18. The Morgan fingerprint density at radius 3 is 3.08 bits per heavy atom. The van der Waals surface area contributed by atoms with E-state index in [0.717, 1.165) is 5.69 Å². The van der Waals surface area contributed by atoms with E-state index >= 15 is 0 Å². The quantitative estimate of drug-likeness (QED) is 0.407. The van der Waals surface area contributed by atoms with E-state index in [9.17, 15) is 0 Å². The molecule has 1 aromatic heterocycles. The Kier molecular flexibility index (Phi) is 3.77. The summed E-state index contributed by atoms with van der Waals surface area (Å²) in [6.45, 7) is 4.55. The topological polar surface area (TPSA) is 22.1 Å². The molecule has 0 spiro atoms. The molecule has 1 aromatic rings. The molecule has 2 nitrogen and oxygen atoms in total. The number of pyridine rings is 1. The Labute approximate surface area is 76.8 Å². The van der Waals surface area contributed by atoms with Crippen LogP contribution in [0.15, 0.2) is 30.9 Å². The van der Waals surface area contributed by atoms with Crippen LogP contribution in [0.2, 0.25) is 5.15 Å². The van der Waals surface area contributed by atoms with Gasteiger partial charge in [-0.05, 0) is 12.1 Å². The van der Waals surface area contributed by atoms with Crippen LogP contribution in [0.1, 0.15) is 5.69 Å². The van der Waals surface area contributed by atoms with E-state index < -0.39 is 0 Å². The van der Waals surface area contributed by atoms with Crippen molar-refractivity contribution in [3.8, 4) is 0 Å². The number of nitrogens with zero attached hydrogens (tertiary/aromatic N) is 1. The van der Waals surface area contributed by atoms with E-state index in [1.54, 1.807) is 12.1 Å². The molecule has 0 aliphatic rings. The predicted octanol–water partition coefficient (Wildman–Crippen LogP) is 2.44. The highest BCUT2D eigenvalue weighted by Crippen LogP contribution is 2.05. The summed E-state index contributed by atoms with van der Waals surface area (Å²) in [6, 6.07) is 5.45. The molecule has 0 unspecified atom stereocenters. The molecule has 3 heteroatoms. The number of aromatic nitrogens is 1. The number of rotatable bonds is 4. The highest BCUT2D eigenvalue weighted by molar-refractivity contribution is 6.29. The zero-order valence-electron chi connectivity index (χ0n) is 6.66. The fourth-order valence-electron chi connectivity index (χ4n) is 0.778. The largest absolute Gasteiger partial charge is 0.371 e. The van der Waals surface area contributed by atoms with Crippen molar-refractivity contribution in [2.45, 2.75) is 6.61 Å². The maximum absolute atomic E-state index is 5.67. The average Bonchev–Trinajstić information content (AvgIpc) is 2.05. The average molecular weight is 184 g/mol. The first kappa shape index (κ1) is 9.23. The van der Waals surface area contributed by atoms with Gasteiger partial charge in [0, 0.05) is 0 Å². The van der Waals surface area contributed by atoms with Gasteiger partial charge in [-0.3, -0.25) is 0 Å². The van der Waals surface area contributed by atoms with Gasteiger partial charge in [-0.25, -0.2) is 4.98 Å². The van der Waals surface area contributed by atoms with Crippen molar-refractivity contribution in [3.05, 3.63) is 41.7 Å². The smallest absolute Gasteiger partial charge is 0.129 e. The SMILES string of the molecule is C=CCOCc1cccc(Cl)n1. The molecule has 0 amide bonds. The Bertz CT molecular complexity index is 262. The Balaban J connectivity index is 2.46. The van der Waals surface area contributed by atoms with Crippen molar-refractivity contribution in [1.29, 1.82) is 0 Å². The van der Waals surface area contributed by atoms with Crippen LogP contribution in [0, 0.1) is 0 Å².